The van der Waals surface area contributed by atoms with Crippen LogP contribution >= 0.6 is 0 Å². The Balaban J connectivity index is 2.66. The Morgan fingerprint density at radius 3 is 2.44 bits per heavy atom. The lowest BCUT2D eigenvalue weighted by molar-refractivity contribution is -0.126. The van der Waals surface area contributed by atoms with Crippen molar-refractivity contribution in [3.63, 3.8) is 0 Å². The van der Waals surface area contributed by atoms with Crippen molar-refractivity contribution in [1.29, 1.82) is 0 Å². The van der Waals surface area contributed by atoms with Crippen LogP contribution in [0.3, 0.4) is 0 Å². The fourth-order valence-electron chi connectivity index (χ4n) is 2.08. The standard InChI is InChI=1S/C15H23NO2/c1-3-8-12(4-2)15(18)16-14(11-17)13-9-6-5-7-10-13/h5-7,9-10,12,14,17H,3-4,8,11H2,1-2H3,(H,16,18). The van der Waals surface area contributed by atoms with Gasteiger partial charge in [-0.2, -0.15) is 0 Å². The molecule has 0 radical (unpaired) electrons. The largest absolute Gasteiger partial charge is 0.394 e. The summed E-state index contributed by atoms with van der Waals surface area (Å²) in [7, 11) is 0. The number of rotatable bonds is 7. The summed E-state index contributed by atoms with van der Waals surface area (Å²) in [5.74, 6) is 0.0926. The highest BCUT2D eigenvalue weighted by Crippen LogP contribution is 2.16. The van der Waals surface area contributed by atoms with Crippen molar-refractivity contribution in [3.8, 4) is 0 Å². The number of carbonyl (C=O) groups excluding carboxylic acids is 1. The Morgan fingerprint density at radius 1 is 1.28 bits per heavy atom. The van der Waals surface area contributed by atoms with Crippen LogP contribution in [0.1, 0.15) is 44.7 Å². The van der Waals surface area contributed by atoms with Crippen molar-refractivity contribution in [2.24, 2.45) is 5.92 Å². The van der Waals surface area contributed by atoms with Crippen molar-refractivity contribution >= 4 is 5.91 Å². The molecule has 0 saturated heterocycles. The molecule has 0 bridgehead atoms. The molecule has 0 saturated carbocycles. The van der Waals surface area contributed by atoms with E-state index in [1.54, 1.807) is 0 Å². The maximum atomic E-state index is 12.1. The van der Waals surface area contributed by atoms with Crippen LogP contribution in [0.2, 0.25) is 0 Å². The van der Waals surface area contributed by atoms with Crippen LogP contribution in [0, 0.1) is 5.92 Å². The summed E-state index contributed by atoms with van der Waals surface area (Å²) in [6, 6.07) is 9.28. The molecule has 0 fully saturated rings. The van der Waals surface area contributed by atoms with Crippen molar-refractivity contribution in [2.45, 2.75) is 39.2 Å². The Kier molecular flexibility index (Phi) is 6.44. The fourth-order valence-corrected chi connectivity index (χ4v) is 2.08. The van der Waals surface area contributed by atoms with Crippen molar-refractivity contribution < 1.29 is 9.90 Å². The molecule has 0 aliphatic carbocycles. The molecule has 2 N–H and O–H groups in total. The molecule has 1 aromatic rings. The van der Waals surface area contributed by atoms with Gasteiger partial charge in [-0.05, 0) is 18.4 Å². The van der Waals surface area contributed by atoms with Crippen molar-refractivity contribution in [1.82, 2.24) is 5.32 Å². The highest BCUT2D eigenvalue weighted by Gasteiger charge is 2.19. The molecule has 0 spiro atoms. The summed E-state index contributed by atoms with van der Waals surface area (Å²) in [6.07, 6.45) is 2.74. The van der Waals surface area contributed by atoms with Crippen LogP contribution in [-0.4, -0.2) is 17.6 Å². The van der Waals surface area contributed by atoms with E-state index in [-0.39, 0.29) is 24.5 Å². The zero-order valence-electron chi connectivity index (χ0n) is 11.2. The van der Waals surface area contributed by atoms with Crippen LogP contribution in [0.5, 0.6) is 0 Å². The third-order valence-electron chi connectivity index (χ3n) is 3.20. The van der Waals surface area contributed by atoms with E-state index in [1.165, 1.54) is 0 Å². The number of aliphatic hydroxyl groups excluding tert-OH is 1. The second kappa shape index (κ2) is 7.88. The predicted octanol–water partition coefficient (Wildman–Crippen LogP) is 2.66. The summed E-state index contributed by atoms with van der Waals surface area (Å²) in [6.45, 7) is 4.03. The second-order valence-corrected chi connectivity index (χ2v) is 4.55. The lowest BCUT2D eigenvalue weighted by Gasteiger charge is -2.20. The quantitative estimate of drug-likeness (QED) is 0.780. The van der Waals surface area contributed by atoms with E-state index < -0.39 is 0 Å². The minimum absolute atomic E-state index is 0.0438. The van der Waals surface area contributed by atoms with E-state index in [0.29, 0.717) is 0 Å². The van der Waals surface area contributed by atoms with Gasteiger partial charge in [-0.1, -0.05) is 50.6 Å². The normalized spacial score (nSPS) is 13.9. The van der Waals surface area contributed by atoms with E-state index in [9.17, 15) is 9.90 Å². The average Bonchev–Trinajstić information content (AvgIpc) is 2.42. The van der Waals surface area contributed by atoms with Gasteiger partial charge in [0.1, 0.15) is 0 Å². The molecule has 1 aromatic carbocycles. The highest BCUT2D eigenvalue weighted by molar-refractivity contribution is 5.79. The van der Waals surface area contributed by atoms with E-state index in [2.05, 4.69) is 12.2 Å². The summed E-state index contributed by atoms with van der Waals surface area (Å²) in [5.41, 5.74) is 0.944. The van der Waals surface area contributed by atoms with E-state index in [4.69, 9.17) is 0 Å². The summed E-state index contributed by atoms with van der Waals surface area (Å²) in [4.78, 5) is 12.1. The van der Waals surface area contributed by atoms with Crippen molar-refractivity contribution in [3.05, 3.63) is 35.9 Å². The van der Waals surface area contributed by atoms with Gasteiger partial charge in [-0.3, -0.25) is 4.79 Å². The Hall–Kier alpha value is -1.35. The minimum Gasteiger partial charge on any atom is -0.394 e. The molecule has 0 aromatic heterocycles. The third-order valence-corrected chi connectivity index (χ3v) is 3.20. The van der Waals surface area contributed by atoms with Gasteiger partial charge in [0.25, 0.3) is 0 Å². The van der Waals surface area contributed by atoms with Crippen LogP contribution in [0.15, 0.2) is 30.3 Å². The Bertz CT molecular complexity index is 351. The molecule has 100 valence electrons. The molecule has 0 heterocycles. The molecule has 1 rings (SSSR count). The number of nitrogens with one attached hydrogen (secondary N) is 1. The molecule has 2 unspecified atom stereocenters. The predicted molar refractivity (Wildman–Crippen MR) is 73.1 cm³/mol. The molecule has 0 aliphatic rings. The number of aliphatic hydroxyl groups is 1. The number of amides is 1. The van der Waals surface area contributed by atoms with Gasteiger partial charge < -0.3 is 10.4 Å². The number of hydrogen-bond donors (Lipinski definition) is 2. The number of carbonyl (C=O) groups is 1. The SMILES string of the molecule is CCCC(CC)C(=O)NC(CO)c1ccccc1. The number of hydrogen-bond acceptors (Lipinski definition) is 2. The number of benzene rings is 1. The second-order valence-electron chi connectivity index (χ2n) is 4.55. The van der Waals surface area contributed by atoms with Crippen LogP contribution in [-0.2, 0) is 4.79 Å². The van der Waals surface area contributed by atoms with Gasteiger partial charge in [-0.25, -0.2) is 0 Å². The lowest BCUT2D eigenvalue weighted by Crippen LogP contribution is -2.35. The first-order valence-electron chi connectivity index (χ1n) is 6.69. The monoisotopic (exact) mass is 249 g/mol. The molecule has 2 atom stereocenters. The van der Waals surface area contributed by atoms with Crippen LogP contribution in [0.4, 0.5) is 0 Å². The fraction of sp³-hybridized carbons (Fsp3) is 0.533. The first kappa shape index (κ1) is 14.7. The van der Waals surface area contributed by atoms with E-state index in [0.717, 1.165) is 24.8 Å². The lowest BCUT2D eigenvalue weighted by atomic mass is 9.98. The van der Waals surface area contributed by atoms with Crippen molar-refractivity contribution in [2.75, 3.05) is 6.61 Å². The van der Waals surface area contributed by atoms with Gasteiger partial charge in [0.15, 0.2) is 0 Å². The van der Waals surface area contributed by atoms with Crippen LogP contribution < -0.4 is 5.32 Å². The minimum atomic E-state index is -0.301. The van der Waals surface area contributed by atoms with Gasteiger partial charge in [0.05, 0.1) is 12.6 Å². The van der Waals surface area contributed by atoms with Crippen LogP contribution in [0.25, 0.3) is 0 Å². The molecule has 0 aliphatic heterocycles. The smallest absolute Gasteiger partial charge is 0.223 e. The molecular weight excluding hydrogens is 226 g/mol. The molecule has 1 amide bonds. The molecule has 3 nitrogen and oxygen atoms in total. The van der Waals surface area contributed by atoms with Gasteiger partial charge in [0.2, 0.25) is 5.91 Å². The average molecular weight is 249 g/mol. The third kappa shape index (κ3) is 4.15. The molecule has 3 heteroatoms. The summed E-state index contributed by atoms with van der Waals surface area (Å²) in [5, 5.41) is 12.3. The first-order valence-corrected chi connectivity index (χ1v) is 6.69. The first-order chi connectivity index (χ1) is 8.72. The highest BCUT2D eigenvalue weighted by atomic mass is 16.3. The van der Waals surface area contributed by atoms with Gasteiger partial charge in [0, 0.05) is 5.92 Å². The maximum Gasteiger partial charge on any atom is 0.223 e. The van der Waals surface area contributed by atoms with Gasteiger partial charge in [-0.15, -0.1) is 0 Å². The molecular formula is C15H23NO2. The maximum absolute atomic E-state index is 12.1. The van der Waals surface area contributed by atoms with E-state index in [1.807, 2.05) is 37.3 Å². The summed E-state index contributed by atoms with van der Waals surface area (Å²) >= 11 is 0. The zero-order valence-corrected chi connectivity index (χ0v) is 11.2. The van der Waals surface area contributed by atoms with E-state index >= 15 is 0 Å². The zero-order chi connectivity index (χ0) is 13.4. The topological polar surface area (TPSA) is 49.3 Å². The summed E-state index contributed by atoms with van der Waals surface area (Å²) < 4.78 is 0. The molecule has 18 heavy (non-hydrogen) atoms. The Morgan fingerprint density at radius 2 is 1.94 bits per heavy atom. The van der Waals surface area contributed by atoms with Gasteiger partial charge >= 0.3 is 0 Å². The Labute approximate surface area is 109 Å².